The lowest BCUT2D eigenvalue weighted by Gasteiger charge is -2.11. The normalized spacial score (nSPS) is 18.0. The van der Waals surface area contributed by atoms with E-state index in [1.165, 1.54) is 6.08 Å². The second-order valence-electron chi connectivity index (χ2n) is 12.6. The number of rotatable bonds is 12. The lowest BCUT2D eigenvalue weighted by Crippen LogP contribution is -2.19. The second kappa shape index (κ2) is 17.8. The SMILES string of the molecule is CN1CC(/C=C/C(=O)COc2ccc(-c3ccccc3)cc2)CC1=O.CN1CC(/C=C/C(O)COc2ccc(-c3ccccc3)cc2)CC1=O. The second-order valence-corrected chi connectivity index (χ2v) is 12.6. The van der Waals surface area contributed by atoms with Crippen molar-refractivity contribution in [1.29, 1.82) is 0 Å². The van der Waals surface area contributed by atoms with Crippen LogP contribution in [0.5, 0.6) is 11.5 Å². The summed E-state index contributed by atoms with van der Waals surface area (Å²) in [6, 6.07) is 35.7. The molecule has 50 heavy (non-hydrogen) atoms. The Balaban J connectivity index is 0.000000194. The largest absolute Gasteiger partial charge is 0.491 e. The minimum Gasteiger partial charge on any atom is -0.491 e. The molecular weight excluding hydrogens is 628 g/mol. The van der Waals surface area contributed by atoms with Gasteiger partial charge in [-0.25, -0.2) is 0 Å². The Morgan fingerprint density at radius 3 is 1.58 bits per heavy atom. The summed E-state index contributed by atoms with van der Waals surface area (Å²) in [6.07, 6.45) is 7.27. The summed E-state index contributed by atoms with van der Waals surface area (Å²) in [6.45, 7) is 1.57. The third kappa shape index (κ3) is 10.8. The third-order valence-electron chi connectivity index (χ3n) is 8.63. The summed E-state index contributed by atoms with van der Waals surface area (Å²) in [5.74, 6) is 1.86. The number of carbonyl (C=O) groups excluding carboxylic acids is 3. The summed E-state index contributed by atoms with van der Waals surface area (Å²) in [4.78, 5) is 38.2. The van der Waals surface area contributed by atoms with Crippen molar-refractivity contribution in [2.45, 2.75) is 18.9 Å². The van der Waals surface area contributed by atoms with Gasteiger partial charge in [-0.15, -0.1) is 0 Å². The molecule has 0 spiro atoms. The molecule has 1 N–H and O–H groups in total. The van der Waals surface area contributed by atoms with Crippen molar-refractivity contribution >= 4 is 17.6 Å². The fraction of sp³-hybridized carbons (Fsp3) is 0.262. The van der Waals surface area contributed by atoms with Crippen molar-refractivity contribution in [3.63, 3.8) is 0 Å². The highest BCUT2D eigenvalue weighted by Gasteiger charge is 2.25. The van der Waals surface area contributed by atoms with Crippen LogP contribution in [0.15, 0.2) is 133 Å². The van der Waals surface area contributed by atoms with Gasteiger partial charge in [-0.05, 0) is 52.6 Å². The van der Waals surface area contributed by atoms with Gasteiger partial charge in [0.1, 0.15) is 24.2 Å². The van der Waals surface area contributed by atoms with Crippen LogP contribution >= 0.6 is 0 Å². The Morgan fingerprint density at radius 2 is 1.12 bits per heavy atom. The van der Waals surface area contributed by atoms with Gasteiger partial charge in [0.2, 0.25) is 11.8 Å². The topological polar surface area (TPSA) is 96.4 Å². The first-order valence-corrected chi connectivity index (χ1v) is 16.9. The minimum atomic E-state index is -0.685. The third-order valence-corrected chi connectivity index (χ3v) is 8.63. The first-order chi connectivity index (χ1) is 24.2. The van der Waals surface area contributed by atoms with Crippen LogP contribution < -0.4 is 9.47 Å². The zero-order valence-electron chi connectivity index (χ0n) is 28.6. The molecule has 0 saturated carbocycles. The van der Waals surface area contributed by atoms with Gasteiger partial charge < -0.3 is 24.4 Å². The van der Waals surface area contributed by atoms with Crippen molar-refractivity contribution in [3.8, 4) is 33.8 Å². The van der Waals surface area contributed by atoms with Crippen molar-refractivity contribution in [2.24, 2.45) is 11.8 Å². The highest BCUT2D eigenvalue weighted by molar-refractivity contribution is 5.91. The number of amides is 2. The van der Waals surface area contributed by atoms with E-state index in [0.29, 0.717) is 31.7 Å². The highest BCUT2D eigenvalue weighted by atomic mass is 16.5. The van der Waals surface area contributed by atoms with Gasteiger partial charge in [0.15, 0.2) is 12.4 Å². The van der Waals surface area contributed by atoms with Crippen LogP contribution in [0.3, 0.4) is 0 Å². The molecule has 0 aliphatic carbocycles. The summed E-state index contributed by atoms with van der Waals surface area (Å²) in [5.41, 5.74) is 4.54. The Bertz CT molecular complexity index is 1750. The number of benzene rings is 4. The van der Waals surface area contributed by atoms with Gasteiger partial charge in [-0.1, -0.05) is 103 Å². The zero-order chi connectivity index (χ0) is 35.3. The number of likely N-dealkylation sites (tertiary alicyclic amines) is 2. The number of hydrogen-bond acceptors (Lipinski definition) is 6. The van der Waals surface area contributed by atoms with E-state index < -0.39 is 6.10 Å². The van der Waals surface area contributed by atoms with Gasteiger partial charge in [0.05, 0.1) is 0 Å². The molecule has 2 aliphatic heterocycles. The van der Waals surface area contributed by atoms with Crippen molar-refractivity contribution < 1.29 is 29.0 Å². The average Bonchev–Trinajstić information content (AvgIpc) is 3.66. The fourth-order valence-electron chi connectivity index (χ4n) is 5.77. The predicted molar refractivity (Wildman–Crippen MR) is 196 cm³/mol. The molecular formula is C42H44N2O6. The maximum Gasteiger partial charge on any atom is 0.222 e. The Hall–Kier alpha value is -5.47. The first-order valence-electron chi connectivity index (χ1n) is 16.9. The van der Waals surface area contributed by atoms with Crippen LogP contribution in [0.2, 0.25) is 0 Å². The van der Waals surface area contributed by atoms with Gasteiger partial charge in [0, 0.05) is 51.9 Å². The molecule has 3 unspecified atom stereocenters. The van der Waals surface area contributed by atoms with E-state index >= 15 is 0 Å². The quantitative estimate of drug-likeness (QED) is 0.137. The Labute approximate surface area is 294 Å². The molecule has 0 radical (unpaired) electrons. The average molecular weight is 673 g/mol. The Kier molecular flexibility index (Phi) is 12.7. The van der Waals surface area contributed by atoms with Gasteiger partial charge in [0.25, 0.3) is 0 Å². The van der Waals surface area contributed by atoms with Crippen LogP contribution in [-0.4, -0.2) is 79.0 Å². The molecule has 258 valence electrons. The van der Waals surface area contributed by atoms with Gasteiger partial charge in [-0.2, -0.15) is 0 Å². The zero-order valence-corrected chi connectivity index (χ0v) is 28.6. The maximum atomic E-state index is 11.9. The number of aliphatic hydroxyl groups is 1. The number of carbonyl (C=O) groups is 3. The number of ketones is 1. The predicted octanol–water partition coefficient (Wildman–Crippen LogP) is 6.46. The van der Waals surface area contributed by atoms with E-state index in [-0.39, 0.29) is 42.6 Å². The van der Waals surface area contributed by atoms with Crippen LogP contribution in [0.4, 0.5) is 0 Å². The van der Waals surface area contributed by atoms with Crippen LogP contribution in [-0.2, 0) is 14.4 Å². The van der Waals surface area contributed by atoms with E-state index in [4.69, 9.17) is 9.47 Å². The number of ether oxygens (including phenoxy) is 2. The maximum absolute atomic E-state index is 11.9. The number of nitrogens with zero attached hydrogens (tertiary/aromatic N) is 2. The lowest BCUT2D eigenvalue weighted by molar-refractivity contribution is -0.127. The molecule has 2 aliphatic rings. The lowest BCUT2D eigenvalue weighted by atomic mass is 10.1. The standard InChI is InChI=1S/C21H23NO3.C21H21NO3/c2*1-22-14-16(13-21(22)24)7-10-19(23)15-25-20-11-8-18(9-12-20)17-5-3-2-4-6-17/h2-12,16,19,23H,13-15H2,1H3;2-12,16H,13-15H2,1H3/b2*10-7+. The molecule has 4 aromatic carbocycles. The summed E-state index contributed by atoms with van der Waals surface area (Å²) in [5, 5.41) is 10.0. The molecule has 2 saturated heterocycles. The molecule has 8 heteroatoms. The van der Waals surface area contributed by atoms with E-state index in [1.807, 2.05) is 97.1 Å². The summed E-state index contributed by atoms with van der Waals surface area (Å²) < 4.78 is 11.2. The molecule has 2 fully saturated rings. The Morgan fingerprint density at radius 1 is 0.680 bits per heavy atom. The van der Waals surface area contributed by atoms with E-state index in [9.17, 15) is 19.5 Å². The molecule has 6 rings (SSSR count). The van der Waals surface area contributed by atoms with E-state index in [1.54, 1.807) is 30.0 Å². The van der Waals surface area contributed by atoms with Gasteiger partial charge in [-0.3, -0.25) is 14.4 Å². The molecule has 0 bridgehead atoms. The van der Waals surface area contributed by atoms with E-state index in [0.717, 1.165) is 28.0 Å². The highest BCUT2D eigenvalue weighted by Crippen LogP contribution is 2.24. The molecule has 4 aromatic rings. The summed E-state index contributed by atoms with van der Waals surface area (Å²) in [7, 11) is 3.58. The number of aliphatic hydroxyl groups excluding tert-OH is 1. The molecule has 8 nitrogen and oxygen atoms in total. The molecule has 2 amide bonds. The van der Waals surface area contributed by atoms with Crippen molar-refractivity contribution in [1.82, 2.24) is 9.80 Å². The van der Waals surface area contributed by atoms with E-state index in [2.05, 4.69) is 24.3 Å². The first kappa shape index (κ1) is 35.8. The van der Waals surface area contributed by atoms with Crippen LogP contribution in [0, 0.1) is 11.8 Å². The van der Waals surface area contributed by atoms with Gasteiger partial charge >= 0.3 is 0 Å². The van der Waals surface area contributed by atoms with Crippen molar-refractivity contribution in [3.05, 3.63) is 133 Å². The number of hydrogen-bond donors (Lipinski definition) is 1. The molecule has 0 aromatic heterocycles. The summed E-state index contributed by atoms with van der Waals surface area (Å²) >= 11 is 0. The fourth-order valence-corrected chi connectivity index (χ4v) is 5.77. The molecule has 3 atom stereocenters. The minimum absolute atomic E-state index is 0.00229. The van der Waals surface area contributed by atoms with Crippen molar-refractivity contribution in [2.75, 3.05) is 40.4 Å². The monoisotopic (exact) mass is 672 g/mol. The smallest absolute Gasteiger partial charge is 0.222 e. The molecule has 2 heterocycles. The van der Waals surface area contributed by atoms with Crippen LogP contribution in [0.25, 0.3) is 22.3 Å². The van der Waals surface area contributed by atoms with Crippen LogP contribution in [0.1, 0.15) is 12.8 Å².